The van der Waals surface area contributed by atoms with E-state index in [1.165, 1.54) is 55.9 Å². The van der Waals surface area contributed by atoms with Crippen LogP contribution in [0.25, 0.3) is 33.0 Å². The van der Waals surface area contributed by atoms with Crippen molar-refractivity contribution in [2.75, 3.05) is 4.90 Å². The van der Waals surface area contributed by atoms with Gasteiger partial charge in [0.2, 0.25) is 0 Å². The average Bonchev–Trinajstić information content (AvgIpc) is 3.74. The van der Waals surface area contributed by atoms with Crippen LogP contribution in [0.5, 0.6) is 0 Å². The second-order valence-corrected chi connectivity index (χ2v) is 19.6. The fourth-order valence-electron chi connectivity index (χ4n) is 13.5. The standard InChI is InChI=1S/C58H45B4N/c1-32-28-29-57(6)54-46(32)33(2)44(31-56(54,5)42-22-14-15-23-45(42)63(57)36-25-27-41-39(30-36)38-20-12-13-21-40(38)55(41,3)4)58(35-17-8-7-9-18-35)43-26-24-34-16-10-11-19-37(34)47(43)48-49(58)51(60)53(62)52(61)50(48)59/h7-33H,1-6H3. The van der Waals surface area contributed by atoms with Crippen LogP contribution < -0.4 is 26.8 Å². The van der Waals surface area contributed by atoms with Gasteiger partial charge in [-0.15, -0.1) is 10.9 Å². The number of para-hydroxylation sites is 1. The summed E-state index contributed by atoms with van der Waals surface area (Å²) < 4.78 is 0. The summed E-state index contributed by atoms with van der Waals surface area (Å²) in [5, 5.41) is 2.24. The topological polar surface area (TPSA) is 3.24 Å². The van der Waals surface area contributed by atoms with Crippen molar-refractivity contribution < 1.29 is 0 Å². The van der Waals surface area contributed by atoms with E-state index in [-0.39, 0.29) is 17.3 Å². The van der Waals surface area contributed by atoms with Crippen LogP contribution in [0.2, 0.25) is 0 Å². The van der Waals surface area contributed by atoms with Crippen molar-refractivity contribution in [3.05, 3.63) is 202 Å². The van der Waals surface area contributed by atoms with Crippen molar-refractivity contribution in [2.24, 2.45) is 11.8 Å². The molecule has 0 amide bonds. The largest absolute Gasteiger partial charge is 0.328 e. The highest BCUT2D eigenvalue weighted by molar-refractivity contribution is 6.64. The van der Waals surface area contributed by atoms with E-state index in [1.54, 1.807) is 0 Å². The van der Waals surface area contributed by atoms with Crippen molar-refractivity contribution in [1.29, 1.82) is 0 Å². The summed E-state index contributed by atoms with van der Waals surface area (Å²) in [5.41, 5.74) is 18.0. The van der Waals surface area contributed by atoms with Gasteiger partial charge in [0, 0.05) is 28.1 Å². The molecule has 5 heteroatoms. The minimum absolute atomic E-state index is 0.0166. The highest BCUT2D eigenvalue weighted by Gasteiger charge is 2.59. The number of hydrogen-bond acceptors (Lipinski definition) is 1. The van der Waals surface area contributed by atoms with Crippen molar-refractivity contribution >= 4 is 75.4 Å². The lowest BCUT2D eigenvalue weighted by Gasteiger charge is -2.60. The van der Waals surface area contributed by atoms with Gasteiger partial charge in [-0.25, -0.2) is 0 Å². The van der Waals surface area contributed by atoms with Crippen LogP contribution in [-0.2, 0) is 16.2 Å². The van der Waals surface area contributed by atoms with Gasteiger partial charge >= 0.3 is 0 Å². The van der Waals surface area contributed by atoms with Gasteiger partial charge < -0.3 is 4.90 Å². The molecule has 0 aromatic heterocycles. The molecule has 4 aliphatic carbocycles. The molecule has 7 aromatic carbocycles. The number of anilines is 2. The van der Waals surface area contributed by atoms with Gasteiger partial charge in [0.25, 0.3) is 0 Å². The molecule has 7 aromatic rings. The summed E-state index contributed by atoms with van der Waals surface area (Å²) in [4.78, 5) is 2.63. The smallest absolute Gasteiger partial charge is 0.113 e. The van der Waals surface area contributed by atoms with Gasteiger partial charge in [0.1, 0.15) is 31.4 Å². The lowest BCUT2D eigenvalue weighted by Crippen LogP contribution is -2.58. The normalized spacial score (nSPS) is 25.5. The first kappa shape index (κ1) is 38.7. The van der Waals surface area contributed by atoms with Crippen LogP contribution in [0.15, 0.2) is 168 Å². The zero-order valence-electron chi connectivity index (χ0n) is 36.8. The fourth-order valence-corrected chi connectivity index (χ4v) is 13.5. The van der Waals surface area contributed by atoms with Crippen LogP contribution in [0.4, 0.5) is 11.4 Å². The Labute approximate surface area is 377 Å². The number of fused-ring (bicyclic) bond motifs is 10. The maximum absolute atomic E-state index is 7.43. The van der Waals surface area contributed by atoms with Crippen LogP contribution in [0.3, 0.4) is 0 Å². The van der Waals surface area contributed by atoms with E-state index in [0.717, 1.165) is 38.6 Å². The third-order valence-corrected chi connectivity index (χ3v) is 16.1. The van der Waals surface area contributed by atoms with Crippen molar-refractivity contribution in [3.63, 3.8) is 0 Å². The van der Waals surface area contributed by atoms with Crippen molar-refractivity contribution in [2.45, 2.75) is 63.3 Å². The van der Waals surface area contributed by atoms with E-state index in [0.29, 0.717) is 21.9 Å². The first-order chi connectivity index (χ1) is 30.3. The van der Waals surface area contributed by atoms with Gasteiger partial charge in [-0.1, -0.05) is 178 Å². The summed E-state index contributed by atoms with van der Waals surface area (Å²) in [6.45, 7) is 14.4. The first-order valence-corrected chi connectivity index (χ1v) is 22.4. The highest BCUT2D eigenvalue weighted by atomic mass is 15.2. The Bertz CT molecular complexity index is 3280. The van der Waals surface area contributed by atoms with E-state index in [1.807, 2.05) is 0 Å². The zero-order chi connectivity index (χ0) is 43.5. The summed E-state index contributed by atoms with van der Waals surface area (Å²) in [6.07, 6.45) is 7.57. The Morgan fingerprint density at radius 2 is 1.22 bits per heavy atom. The molecule has 5 aliphatic rings. The SMILES string of the molecule is [B]c1c([B])c([B])c2c(c1[B])-c1c(ccc3ccccc13)C2(C1=CC2(C)C3=C(C(C)C=CC3(C)N(c3ccc4c(c3)-c3ccccc3C4(C)C)c3ccccc32)C1C)c1ccccc1. The molecule has 1 nitrogen and oxygen atoms in total. The molecule has 0 saturated heterocycles. The molecule has 8 radical (unpaired) electrons. The zero-order valence-corrected chi connectivity index (χ0v) is 36.8. The monoisotopic (exact) mass is 799 g/mol. The van der Waals surface area contributed by atoms with E-state index in [2.05, 4.69) is 198 Å². The van der Waals surface area contributed by atoms with Crippen molar-refractivity contribution in [1.82, 2.24) is 0 Å². The molecular formula is C58H45B4N. The lowest BCUT2D eigenvalue weighted by molar-refractivity contribution is 0.436. The number of rotatable bonds is 3. The Balaban J connectivity index is 1.18. The molecule has 63 heavy (non-hydrogen) atoms. The third kappa shape index (κ3) is 4.64. The number of benzene rings is 7. The molecule has 12 rings (SSSR count). The second kappa shape index (κ2) is 12.8. The molecule has 0 saturated carbocycles. The van der Waals surface area contributed by atoms with Crippen LogP contribution in [0.1, 0.15) is 74.9 Å². The summed E-state index contributed by atoms with van der Waals surface area (Å²) >= 11 is 0. The second-order valence-electron chi connectivity index (χ2n) is 19.6. The molecule has 0 spiro atoms. The molecule has 5 atom stereocenters. The van der Waals surface area contributed by atoms with E-state index < -0.39 is 16.4 Å². The van der Waals surface area contributed by atoms with E-state index >= 15 is 0 Å². The molecule has 5 unspecified atom stereocenters. The average molecular weight is 799 g/mol. The summed E-state index contributed by atoms with van der Waals surface area (Å²) in [7, 11) is 28.4. The maximum atomic E-state index is 7.43. The third-order valence-electron chi connectivity index (χ3n) is 16.1. The molecule has 0 N–H and O–H groups in total. The predicted octanol–water partition coefficient (Wildman–Crippen LogP) is 9.58. The van der Waals surface area contributed by atoms with Gasteiger partial charge in [0.05, 0.1) is 11.0 Å². The Morgan fingerprint density at radius 3 is 2.02 bits per heavy atom. The summed E-state index contributed by atoms with van der Waals surface area (Å²) in [6, 6.07) is 49.2. The first-order valence-electron chi connectivity index (χ1n) is 22.4. The number of hydrogen-bond donors (Lipinski definition) is 0. The van der Waals surface area contributed by atoms with Gasteiger partial charge in [0.15, 0.2) is 0 Å². The minimum atomic E-state index is -0.861. The molecule has 0 fully saturated rings. The van der Waals surface area contributed by atoms with Gasteiger partial charge in [-0.05, 0) is 116 Å². The maximum Gasteiger partial charge on any atom is 0.113 e. The van der Waals surface area contributed by atoms with Crippen LogP contribution in [-0.4, -0.2) is 36.9 Å². The predicted molar refractivity (Wildman–Crippen MR) is 268 cm³/mol. The molecule has 294 valence electrons. The Morgan fingerprint density at radius 1 is 0.571 bits per heavy atom. The van der Waals surface area contributed by atoms with Crippen LogP contribution in [0, 0.1) is 11.8 Å². The molecule has 0 bridgehead atoms. The molecular weight excluding hydrogens is 754 g/mol. The van der Waals surface area contributed by atoms with E-state index in [4.69, 9.17) is 31.4 Å². The molecule has 1 heterocycles. The quantitative estimate of drug-likeness (QED) is 0.127. The number of nitrogens with zero attached hydrogens (tertiary/aromatic N) is 1. The Kier molecular flexibility index (Phi) is 7.90. The van der Waals surface area contributed by atoms with E-state index in [9.17, 15) is 0 Å². The number of allylic oxidation sites excluding steroid dienone is 4. The van der Waals surface area contributed by atoms with Crippen molar-refractivity contribution in [3.8, 4) is 22.3 Å². The van der Waals surface area contributed by atoms with Crippen LogP contribution >= 0.6 is 0 Å². The highest BCUT2D eigenvalue weighted by Crippen LogP contribution is 2.66. The molecule has 1 aliphatic heterocycles. The van der Waals surface area contributed by atoms with Gasteiger partial charge in [-0.2, -0.15) is 0 Å². The Hall–Kier alpha value is -5.92. The minimum Gasteiger partial charge on any atom is -0.328 e. The summed E-state index contributed by atoms with van der Waals surface area (Å²) in [5.74, 6) is 0.145. The fraction of sp³-hybridized carbons (Fsp3) is 0.207. The van der Waals surface area contributed by atoms with Gasteiger partial charge in [-0.3, -0.25) is 0 Å². The lowest BCUT2D eigenvalue weighted by atomic mass is 9.50.